The fourth-order valence-corrected chi connectivity index (χ4v) is 1.27. The SMILES string of the molecule is CCNCCC(=O)Nc1ccc(Br)cn1. The summed E-state index contributed by atoms with van der Waals surface area (Å²) in [6.45, 7) is 3.58. The first kappa shape index (κ1) is 12.1. The van der Waals surface area contributed by atoms with Crippen LogP contribution in [0.15, 0.2) is 22.8 Å². The number of pyridine rings is 1. The van der Waals surface area contributed by atoms with Crippen LogP contribution in [0.3, 0.4) is 0 Å². The van der Waals surface area contributed by atoms with Gasteiger partial charge in [0.1, 0.15) is 5.82 Å². The number of hydrogen-bond acceptors (Lipinski definition) is 3. The second-order valence-corrected chi connectivity index (χ2v) is 3.93. The third kappa shape index (κ3) is 4.90. The quantitative estimate of drug-likeness (QED) is 0.803. The van der Waals surface area contributed by atoms with Crippen LogP contribution in [0.4, 0.5) is 5.82 Å². The lowest BCUT2D eigenvalue weighted by molar-refractivity contribution is -0.116. The molecular formula is C10H14BrN3O. The van der Waals surface area contributed by atoms with Crippen molar-refractivity contribution >= 4 is 27.7 Å². The van der Waals surface area contributed by atoms with Crippen LogP contribution >= 0.6 is 15.9 Å². The summed E-state index contributed by atoms with van der Waals surface area (Å²) in [5, 5.41) is 5.80. The molecule has 0 aromatic carbocycles. The van der Waals surface area contributed by atoms with Gasteiger partial charge >= 0.3 is 0 Å². The standard InChI is InChI=1S/C10H14BrN3O/c1-2-12-6-5-10(15)14-9-4-3-8(11)7-13-9/h3-4,7,12H,2,5-6H2,1H3,(H,13,14,15). The normalized spacial score (nSPS) is 10.0. The summed E-state index contributed by atoms with van der Waals surface area (Å²) >= 11 is 3.28. The predicted molar refractivity (Wildman–Crippen MR) is 63.7 cm³/mol. The Morgan fingerprint density at radius 3 is 2.93 bits per heavy atom. The van der Waals surface area contributed by atoms with Crippen molar-refractivity contribution in [2.75, 3.05) is 18.4 Å². The minimum Gasteiger partial charge on any atom is -0.316 e. The molecule has 0 fully saturated rings. The zero-order valence-electron chi connectivity index (χ0n) is 8.59. The number of amides is 1. The zero-order chi connectivity index (χ0) is 11.1. The van der Waals surface area contributed by atoms with E-state index in [1.165, 1.54) is 0 Å². The molecule has 0 radical (unpaired) electrons. The molecular weight excluding hydrogens is 258 g/mol. The summed E-state index contributed by atoms with van der Waals surface area (Å²) in [4.78, 5) is 15.4. The number of aromatic nitrogens is 1. The Balaban J connectivity index is 2.34. The summed E-state index contributed by atoms with van der Waals surface area (Å²) in [7, 11) is 0. The van der Waals surface area contributed by atoms with Crippen molar-refractivity contribution in [3.8, 4) is 0 Å². The van der Waals surface area contributed by atoms with Crippen LogP contribution in [-0.2, 0) is 4.79 Å². The van der Waals surface area contributed by atoms with Crippen LogP contribution in [0.2, 0.25) is 0 Å². The predicted octanol–water partition coefficient (Wildman–Crippen LogP) is 1.78. The number of anilines is 1. The lowest BCUT2D eigenvalue weighted by Crippen LogP contribution is -2.21. The first-order valence-corrected chi connectivity index (χ1v) is 5.64. The van der Waals surface area contributed by atoms with Gasteiger partial charge in [0.15, 0.2) is 0 Å². The monoisotopic (exact) mass is 271 g/mol. The molecule has 0 saturated carbocycles. The molecule has 0 bridgehead atoms. The van der Waals surface area contributed by atoms with E-state index in [-0.39, 0.29) is 5.91 Å². The van der Waals surface area contributed by atoms with E-state index in [1.807, 2.05) is 13.0 Å². The molecule has 1 aromatic heterocycles. The van der Waals surface area contributed by atoms with Crippen molar-refractivity contribution in [3.05, 3.63) is 22.8 Å². The maximum Gasteiger partial charge on any atom is 0.226 e. The van der Waals surface area contributed by atoms with E-state index < -0.39 is 0 Å². The third-order valence-electron chi connectivity index (χ3n) is 1.77. The molecule has 1 rings (SSSR count). The maximum absolute atomic E-state index is 11.4. The number of halogens is 1. The molecule has 1 heterocycles. The highest BCUT2D eigenvalue weighted by Crippen LogP contribution is 2.10. The van der Waals surface area contributed by atoms with Gasteiger partial charge in [-0.3, -0.25) is 4.79 Å². The minimum absolute atomic E-state index is 0.0224. The van der Waals surface area contributed by atoms with E-state index in [0.29, 0.717) is 18.8 Å². The van der Waals surface area contributed by atoms with Gasteiger partial charge in [-0.2, -0.15) is 0 Å². The maximum atomic E-state index is 11.4. The number of carbonyl (C=O) groups is 1. The van der Waals surface area contributed by atoms with Crippen molar-refractivity contribution in [3.63, 3.8) is 0 Å². The van der Waals surface area contributed by atoms with Crippen LogP contribution in [-0.4, -0.2) is 24.0 Å². The Morgan fingerprint density at radius 1 is 1.53 bits per heavy atom. The molecule has 2 N–H and O–H groups in total. The first-order chi connectivity index (χ1) is 7.22. The highest BCUT2D eigenvalue weighted by molar-refractivity contribution is 9.10. The minimum atomic E-state index is -0.0224. The number of nitrogens with zero attached hydrogens (tertiary/aromatic N) is 1. The van der Waals surface area contributed by atoms with Gasteiger partial charge in [0.25, 0.3) is 0 Å². The van der Waals surface area contributed by atoms with Gasteiger partial charge in [-0.15, -0.1) is 0 Å². The van der Waals surface area contributed by atoms with E-state index >= 15 is 0 Å². The van der Waals surface area contributed by atoms with Crippen molar-refractivity contribution in [2.24, 2.45) is 0 Å². The van der Waals surface area contributed by atoms with E-state index in [2.05, 4.69) is 31.5 Å². The number of carbonyl (C=O) groups excluding carboxylic acids is 1. The summed E-state index contributed by atoms with van der Waals surface area (Å²) in [6, 6.07) is 3.60. The molecule has 4 nitrogen and oxygen atoms in total. The van der Waals surface area contributed by atoms with Crippen LogP contribution in [0, 0.1) is 0 Å². The second-order valence-electron chi connectivity index (χ2n) is 3.01. The smallest absolute Gasteiger partial charge is 0.226 e. The lowest BCUT2D eigenvalue weighted by Gasteiger charge is -2.04. The summed E-state index contributed by atoms with van der Waals surface area (Å²) in [6.07, 6.45) is 2.12. The van der Waals surface area contributed by atoms with Gasteiger partial charge in [-0.1, -0.05) is 6.92 Å². The molecule has 0 saturated heterocycles. The van der Waals surface area contributed by atoms with Gasteiger partial charge in [-0.25, -0.2) is 4.98 Å². The molecule has 1 aromatic rings. The molecule has 0 aliphatic heterocycles. The van der Waals surface area contributed by atoms with Gasteiger partial charge in [-0.05, 0) is 34.6 Å². The van der Waals surface area contributed by atoms with E-state index in [1.54, 1.807) is 12.3 Å². The third-order valence-corrected chi connectivity index (χ3v) is 2.24. The van der Waals surface area contributed by atoms with Crippen LogP contribution in [0.5, 0.6) is 0 Å². The average Bonchev–Trinajstić information content (AvgIpc) is 2.22. The molecule has 0 aliphatic rings. The van der Waals surface area contributed by atoms with Crippen molar-refractivity contribution in [1.29, 1.82) is 0 Å². The summed E-state index contributed by atoms with van der Waals surface area (Å²) in [5.41, 5.74) is 0. The summed E-state index contributed by atoms with van der Waals surface area (Å²) in [5.74, 6) is 0.561. The van der Waals surface area contributed by atoms with E-state index in [0.717, 1.165) is 11.0 Å². The Bertz CT molecular complexity index is 313. The highest BCUT2D eigenvalue weighted by atomic mass is 79.9. The largest absolute Gasteiger partial charge is 0.316 e. The van der Waals surface area contributed by atoms with Crippen molar-refractivity contribution in [2.45, 2.75) is 13.3 Å². The molecule has 0 spiro atoms. The first-order valence-electron chi connectivity index (χ1n) is 4.84. The Labute approximate surface area is 97.6 Å². The van der Waals surface area contributed by atoms with Gasteiger partial charge in [0, 0.05) is 23.6 Å². The molecule has 15 heavy (non-hydrogen) atoms. The Morgan fingerprint density at radius 2 is 2.33 bits per heavy atom. The average molecular weight is 272 g/mol. The molecule has 82 valence electrons. The molecule has 0 aliphatic carbocycles. The van der Waals surface area contributed by atoms with Crippen LogP contribution < -0.4 is 10.6 Å². The molecule has 0 unspecified atom stereocenters. The van der Waals surface area contributed by atoms with Gasteiger partial charge < -0.3 is 10.6 Å². The van der Waals surface area contributed by atoms with Crippen LogP contribution in [0.25, 0.3) is 0 Å². The van der Waals surface area contributed by atoms with E-state index in [9.17, 15) is 4.79 Å². The second kappa shape index (κ2) is 6.53. The molecule has 0 atom stereocenters. The van der Waals surface area contributed by atoms with Crippen molar-refractivity contribution < 1.29 is 4.79 Å². The number of rotatable bonds is 5. The van der Waals surface area contributed by atoms with Gasteiger partial charge in [0.05, 0.1) is 0 Å². The molecule has 1 amide bonds. The van der Waals surface area contributed by atoms with E-state index in [4.69, 9.17) is 0 Å². The van der Waals surface area contributed by atoms with Gasteiger partial charge in [0.2, 0.25) is 5.91 Å². The topological polar surface area (TPSA) is 54.0 Å². The van der Waals surface area contributed by atoms with Crippen molar-refractivity contribution in [1.82, 2.24) is 10.3 Å². The lowest BCUT2D eigenvalue weighted by atomic mass is 10.4. The number of hydrogen-bond donors (Lipinski definition) is 2. The number of nitrogens with one attached hydrogen (secondary N) is 2. The Kier molecular flexibility index (Phi) is 5.28. The fraction of sp³-hybridized carbons (Fsp3) is 0.400. The van der Waals surface area contributed by atoms with Crippen LogP contribution in [0.1, 0.15) is 13.3 Å². The summed E-state index contributed by atoms with van der Waals surface area (Å²) < 4.78 is 0.896. The highest BCUT2D eigenvalue weighted by Gasteiger charge is 2.01. The Hall–Kier alpha value is -0.940. The molecule has 5 heteroatoms. The fourth-order valence-electron chi connectivity index (χ4n) is 1.03. The zero-order valence-corrected chi connectivity index (χ0v) is 10.2.